The Morgan fingerprint density at radius 3 is 2.47 bits per heavy atom. The zero-order chi connectivity index (χ0) is 11.3. The molecule has 0 radical (unpaired) electrons. The Hall–Kier alpha value is -1.39. The minimum absolute atomic E-state index is 0.376. The zero-order valence-corrected chi connectivity index (χ0v) is 8.99. The van der Waals surface area contributed by atoms with E-state index in [1.807, 2.05) is 37.3 Å². The van der Waals surface area contributed by atoms with Crippen molar-refractivity contribution in [3.05, 3.63) is 35.9 Å². The largest absolute Gasteiger partial charge is 0.467 e. The molecule has 0 aromatic heterocycles. The summed E-state index contributed by atoms with van der Waals surface area (Å²) in [5.74, 6) is 5.10. The summed E-state index contributed by atoms with van der Waals surface area (Å²) in [5.41, 5.74) is 2.42. The van der Waals surface area contributed by atoms with Crippen molar-refractivity contribution in [1.82, 2.24) is 5.43 Å². The maximum absolute atomic E-state index is 11.7. The van der Waals surface area contributed by atoms with Gasteiger partial charge in [-0.2, -0.15) is 0 Å². The Morgan fingerprint density at radius 1 is 1.47 bits per heavy atom. The van der Waals surface area contributed by atoms with Crippen molar-refractivity contribution in [3.8, 4) is 0 Å². The van der Waals surface area contributed by atoms with E-state index < -0.39 is 5.54 Å². The van der Waals surface area contributed by atoms with Crippen LogP contribution >= 0.6 is 0 Å². The Labute approximate surface area is 89.4 Å². The summed E-state index contributed by atoms with van der Waals surface area (Å²) in [6.07, 6.45) is 0.528. The first kappa shape index (κ1) is 11.7. The third-order valence-corrected chi connectivity index (χ3v) is 2.58. The molecule has 0 heterocycles. The number of methoxy groups -OCH3 is 1. The topological polar surface area (TPSA) is 64.3 Å². The number of hydrogen-bond donors (Lipinski definition) is 2. The standard InChI is InChI=1S/C11H16N2O2/c1-3-11(13-12,10(14)15-2)9-7-5-4-6-8-9/h4-8,13H,3,12H2,1-2H3. The fourth-order valence-corrected chi connectivity index (χ4v) is 1.61. The molecule has 1 unspecified atom stereocenters. The summed E-state index contributed by atoms with van der Waals surface area (Å²) < 4.78 is 4.77. The average Bonchev–Trinajstić information content (AvgIpc) is 2.32. The van der Waals surface area contributed by atoms with Gasteiger partial charge < -0.3 is 4.74 Å². The molecule has 0 fully saturated rings. The molecule has 0 aliphatic heterocycles. The lowest BCUT2D eigenvalue weighted by molar-refractivity contribution is -0.149. The van der Waals surface area contributed by atoms with Crippen molar-refractivity contribution in [2.24, 2.45) is 5.84 Å². The van der Waals surface area contributed by atoms with Crippen molar-refractivity contribution in [2.45, 2.75) is 18.9 Å². The molecule has 1 aromatic rings. The number of ether oxygens (including phenoxy) is 1. The van der Waals surface area contributed by atoms with E-state index >= 15 is 0 Å². The van der Waals surface area contributed by atoms with Gasteiger partial charge in [-0.05, 0) is 12.0 Å². The van der Waals surface area contributed by atoms with Crippen LogP contribution in [0.3, 0.4) is 0 Å². The molecule has 0 spiro atoms. The van der Waals surface area contributed by atoms with Crippen LogP contribution in [0.1, 0.15) is 18.9 Å². The van der Waals surface area contributed by atoms with Gasteiger partial charge in [0, 0.05) is 0 Å². The molecule has 4 heteroatoms. The van der Waals surface area contributed by atoms with Crippen LogP contribution in [0.25, 0.3) is 0 Å². The van der Waals surface area contributed by atoms with Crippen molar-refractivity contribution in [1.29, 1.82) is 0 Å². The first-order chi connectivity index (χ1) is 7.21. The number of hydrazine groups is 1. The molecule has 0 saturated carbocycles. The molecule has 3 N–H and O–H groups in total. The van der Waals surface area contributed by atoms with Crippen LogP contribution in [0.5, 0.6) is 0 Å². The van der Waals surface area contributed by atoms with Gasteiger partial charge in [-0.1, -0.05) is 37.3 Å². The molecule has 82 valence electrons. The number of hydrogen-bond acceptors (Lipinski definition) is 4. The second-order valence-electron chi connectivity index (χ2n) is 3.26. The van der Waals surface area contributed by atoms with Gasteiger partial charge in [0.25, 0.3) is 0 Å². The van der Waals surface area contributed by atoms with E-state index in [1.54, 1.807) is 0 Å². The smallest absolute Gasteiger partial charge is 0.331 e. The van der Waals surface area contributed by atoms with Gasteiger partial charge in [0.15, 0.2) is 5.54 Å². The highest BCUT2D eigenvalue weighted by atomic mass is 16.5. The Morgan fingerprint density at radius 2 is 2.07 bits per heavy atom. The molecule has 1 atom stereocenters. The van der Waals surface area contributed by atoms with Gasteiger partial charge in [0.1, 0.15) is 0 Å². The number of nitrogens with one attached hydrogen (secondary N) is 1. The summed E-state index contributed by atoms with van der Waals surface area (Å²) in [6, 6.07) is 9.30. The summed E-state index contributed by atoms with van der Waals surface area (Å²) in [7, 11) is 1.35. The molecule has 0 aliphatic rings. The normalized spacial score (nSPS) is 14.3. The lowest BCUT2D eigenvalue weighted by Crippen LogP contribution is -2.52. The SMILES string of the molecule is CCC(NN)(C(=O)OC)c1ccccc1. The van der Waals surface area contributed by atoms with E-state index in [-0.39, 0.29) is 5.97 Å². The van der Waals surface area contributed by atoms with E-state index in [9.17, 15) is 4.79 Å². The van der Waals surface area contributed by atoms with E-state index in [4.69, 9.17) is 10.6 Å². The number of nitrogens with two attached hydrogens (primary N) is 1. The van der Waals surface area contributed by atoms with Crippen molar-refractivity contribution in [2.75, 3.05) is 7.11 Å². The van der Waals surface area contributed by atoms with Crippen LogP contribution in [0, 0.1) is 0 Å². The second-order valence-corrected chi connectivity index (χ2v) is 3.26. The number of carbonyl (C=O) groups excluding carboxylic acids is 1. The molecular weight excluding hydrogens is 192 g/mol. The predicted molar refractivity (Wildman–Crippen MR) is 57.8 cm³/mol. The minimum Gasteiger partial charge on any atom is -0.467 e. The van der Waals surface area contributed by atoms with Crippen LogP contribution in [0.4, 0.5) is 0 Å². The monoisotopic (exact) mass is 208 g/mol. The predicted octanol–water partition coefficient (Wildman–Crippen LogP) is 0.928. The Kier molecular flexibility index (Phi) is 3.82. The van der Waals surface area contributed by atoms with Gasteiger partial charge in [-0.15, -0.1) is 0 Å². The molecule has 1 rings (SSSR count). The highest BCUT2D eigenvalue weighted by Crippen LogP contribution is 2.25. The lowest BCUT2D eigenvalue weighted by Gasteiger charge is -2.29. The van der Waals surface area contributed by atoms with Crippen LogP contribution in [-0.2, 0) is 15.1 Å². The Bertz CT molecular complexity index is 321. The van der Waals surface area contributed by atoms with Crippen molar-refractivity contribution < 1.29 is 9.53 Å². The molecule has 0 bridgehead atoms. The van der Waals surface area contributed by atoms with E-state index in [2.05, 4.69) is 5.43 Å². The average molecular weight is 208 g/mol. The summed E-state index contributed by atoms with van der Waals surface area (Å²) >= 11 is 0. The van der Waals surface area contributed by atoms with Gasteiger partial charge in [0.05, 0.1) is 7.11 Å². The van der Waals surface area contributed by atoms with E-state index in [0.29, 0.717) is 6.42 Å². The number of carbonyl (C=O) groups is 1. The molecule has 4 nitrogen and oxygen atoms in total. The van der Waals surface area contributed by atoms with Crippen LogP contribution in [-0.4, -0.2) is 13.1 Å². The molecule has 0 aliphatic carbocycles. The first-order valence-electron chi connectivity index (χ1n) is 4.83. The summed E-state index contributed by atoms with van der Waals surface area (Å²) in [6.45, 7) is 1.88. The van der Waals surface area contributed by atoms with E-state index in [1.165, 1.54) is 7.11 Å². The maximum Gasteiger partial charge on any atom is 0.331 e. The third-order valence-electron chi connectivity index (χ3n) is 2.58. The van der Waals surface area contributed by atoms with E-state index in [0.717, 1.165) is 5.56 Å². The minimum atomic E-state index is -0.948. The van der Waals surface area contributed by atoms with Crippen LogP contribution < -0.4 is 11.3 Å². The van der Waals surface area contributed by atoms with Gasteiger partial charge >= 0.3 is 5.97 Å². The van der Waals surface area contributed by atoms with Crippen molar-refractivity contribution in [3.63, 3.8) is 0 Å². The molecule has 15 heavy (non-hydrogen) atoms. The fourth-order valence-electron chi connectivity index (χ4n) is 1.61. The highest BCUT2D eigenvalue weighted by molar-refractivity contribution is 5.82. The van der Waals surface area contributed by atoms with Crippen molar-refractivity contribution >= 4 is 5.97 Å². The molecular formula is C11H16N2O2. The number of rotatable bonds is 4. The molecule has 0 saturated heterocycles. The number of esters is 1. The first-order valence-corrected chi connectivity index (χ1v) is 4.83. The van der Waals surface area contributed by atoms with Gasteiger partial charge in [-0.3, -0.25) is 5.84 Å². The maximum atomic E-state index is 11.7. The van der Waals surface area contributed by atoms with Crippen LogP contribution in [0.15, 0.2) is 30.3 Å². The highest BCUT2D eigenvalue weighted by Gasteiger charge is 2.38. The second kappa shape index (κ2) is 4.91. The van der Waals surface area contributed by atoms with Gasteiger partial charge in [-0.25, -0.2) is 10.2 Å². The zero-order valence-electron chi connectivity index (χ0n) is 8.99. The molecule has 1 aromatic carbocycles. The number of benzene rings is 1. The Balaban J connectivity index is 3.17. The summed E-state index contributed by atoms with van der Waals surface area (Å²) in [4.78, 5) is 11.7. The van der Waals surface area contributed by atoms with Gasteiger partial charge in [0.2, 0.25) is 0 Å². The van der Waals surface area contributed by atoms with Crippen LogP contribution in [0.2, 0.25) is 0 Å². The lowest BCUT2D eigenvalue weighted by atomic mass is 9.88. The summed E-state index contributed by atoms with van der Waals surface area (Å²) in [5, 5.41) is 0. The fraction of sp³-hybridized carbons (Fsp3) is 0.364. The molecule has 0 amide bonds. The quantitative estimate of drug-likeness (QED) is 0.439. The third kappa shape index (κ3) is 2.00.